The highest BCUT2D eigenvalue weighted by molar-refractivity contribution is 5.48. The molecule has 0 radical (unpaired) electrons. The van der Waals surface area contributed by atoms with Crippen LogP contribution in [-0.2, 0) is 6.54 Å². The number of benzene rings is 2. The predicted molar refractivity (Wildman–Crippen MR) is 69.7 cm³/mol. The van der Waals surface area contributed by atoms with Crippen molar-refractivity contribution in [1.29, 1.82) is 0 Å². The number of aryl methyl sites for hydroxylation is 1. The second kappa shape index (κ2) is 4.84. The predicted octanol–water partition coefficient (Wildman–Crippen LogP) is 3.63. The molecular weight excluding hydrogens is 194 g/mol. The third kappa shape index (κ3) is 2.63. The minimum Gasteiger partial charge on any atom is -0.370 e. The lowest BCUT2D eigenvalue weighted by molar-refractivity contribution is 0.922. The van der Waals surface area contributed by atoms with Crippen molar-refractivity contribution in [2.75, 3.05) is 11.9 Å². The van der Waals surface area contributed by atoms with E-state index in [1.807, 2.05) is 0 Å². The molecule has 0 fully saturated rings. The van der Waals surface area contributed by atoms with Crippen LogP contribution in [0.2, 0.25) is 0 Å². The molecule has 0 aliphatic carbocycles. The first-order valence-corrected chi connectivity index (χ1v) is 5.57. The molecule has 0 unspecified atom stereocenters. The van der Waals surface area contributed by atoms with Crippen molar-refractivity contribution in [2.24, 2.45) is 0 Å². The Morgan fingerprint density at radius 3 is 2.38 bits per heavy atom. The minimum absolute atomic E-state index is 0.949. The quantitative estimate of drug-likeness (QED) is 0.749. The SMILES string of the molecule is Cc1cccc(N(C)Cc2ccccc2)c1. The fourth-order valence-corrected chi connectivity index (χ4v) is 1.81. The van der Waals surface area contributed by atoms with Crippen LogP contribution < -0.4 is 4.90 Å². The summed E-state index contributed by atoms with van der Waals surface area (Å²) in [7, 11) is 2.13. The molecule has 0 aliphatic rings. The van der Waals surface area contributed by atoms with E-state index in [4.69, 9.17) is 0 Å². The molecule has 0 bridgehead atoms. The van der Waals surface area contributed by atoms with Crippen LogP contribution in [0.4, 0.5) is 5.69 Å². The van der Waals surface area contributed by atoms with Crippen LogP contribution in [0.1, 0.15) is 11.1 Å². The van der Waals surface area contributed by atoms with Gasteiger partial charge >= 0.3 is 0 Å². The van der Waals surface area contributed by atoms with E-state index >= 15 is 0 Å². The molecular formula is C15H17N. The number of hydrogen-bond donors (Lipinski definition) is 0. The van der Waals surface area contributed by atoms with Gasteiger partial charge in [0.05, 0.1) is 0 Å². The lowest BCUT2D eigenvalue weighted by atomic mass is 10.2. The zero-order valence-electron chi connectivity index (χ0n) is 9.85. The molecule has 0 aromatic heterocycles. The van der Waals surface area contributed by atoms with Gasteiger partial charge in [-0.3, -0.25) is 0 Å². The summed E-state index contributed by atoms with van der Waals surface area (Å²) in [5, 5.41) is 0. The Labute approximate surface area is 97.3 Å². The van der Waals surface area contributed by atoms with Crippen LogP contribution in [-0.4, -0.2) is 7.05 Å². The summed E-state index contributed by atoms with van der Waals surface area (Å²) in [6.45, 7) is 3.07. The average molecular weight is 211 g/mol. The molecule has 2 aromatic carbocycles. The van der Waals surface area contributed by atoms with Crippen LogP contribution in [0, 0.1) is 6.92 Å². The summed E-state index contributed by atoms with van der Waals surface area (Å²) in [5.74, 6) is 0. The summed E-state index contributed by atoms with van der Waals surface area (Å²) in [6.07, 6.45) is 0. The third-order valence-electron chi connectivity index (χ3n) is 2.70. The van der Waals surface area contributed by atoms with Crippen molar-refractivity contribution < 1.29 is 0 Å². The van der Waals surface area contributed by atoms with E-state index in [2.05, 4.69) is 73.5 Å². The molecule has 1 heteroatoms. The van der Waals surface area contributed by atoms with E-state index in [9.17, 15) is 0 Å². The molecule has 0 atom stereocenters. The maximum Gasteiger partial charge on any atom is 0.0426 e. The van der Waals surface area contributed by atoms with Crippen LogP contribution in [0.5, 0.6) is 0 Å². The lowest BCUT2D eigenvalue weighted by Gasteiger charge is -2.19. The van der Waals surface area contributed by atoms with Crippen LogP contribution in [0.3, 0.4) is 0 Å². The zero-order chi connectivity index (χ0) is 11.4. The highest BCUT2D eigenvalue weighted by atomic mass is 15.1. The second-order valence-corrected chi connectivity index (χ2v) is 4.18. The Balaban J connectivity index is 2.12. The van der Waals surface area contributed by atoms with Crippen molar-refractivity contribution in [3.05, 3.63) is 65.7 Å². The molecule has 0 spiro atoms. The molecule has 0 heterocycles. The molecule has 0 saturated carbocycles. The van der Waals surface area contributed by atoms with Gasteiger partial charge < -0.3 is 4.90 Å². The number of anilines is 1. The first kappa shape index (κ1) is 10.7. The van der Waals surface area contributed by atoms with Crippen molar-refractivity contribution in [2.45, 2.75) is 13.5 Å². The van der Waals surface area contributed by atoms with Crippen molar-refractivity contribution in [3.63, 3.8) is 0 Å². The third-order valence-corrected chi connectivity index (χ3v) is 2.70. The van der Waals surface area contributed by atoms with Crippen molar-refractivity contribution in [1.82, 2.24) is 0 Å². The lowest BCUT2D eigenvalue weighted by Crippen LogP contribution is -2.16. The molecule has 0 amide bonds. The van der Waals surface area contributed by atoms with Gasteiger partial charge in [0.1, 0.15) is 0 Å². The van der Waals surface area contributed by atoms with E-state index in [-0.39, 0.29) is 0 Å². The van der Waals surface area contributed by atoms with Crippen LogP contribution in [0.25, 0.3) is 0 Å². The van der Waals surface area contributed by atoms with Crippen LogP contribution in [0.15, 0.2) is 54.6 Å². The number of nitrogens with zero attached hydrogens (tertiary/aromatic N) is 1. The molecule has 0 aliphatic heterocycles. The van der Waals surface area contributed by atoms with E-state index in [1.54, 1.807) is 0 Å². The monoisotopic (exact) mass is 211 g/mol. The van der Waals surface area contributed by atoms with Gasteiger partial charge in [0.25, 0.3) is 0 Å². The van der Waals surface area contributed by atoms with Gasteiger partial charge in [0.2, 0.25) is 0 Å². The second-order valence-electron chi connectivity index (χ2n) is 4.18. The van der Waals surface area contributed by atoms with E-state index < -0.39 is 0 Å². The van der Waals surface area contributed by atoms with Gasteiger partial charge in [0, 0.05) is 19.3 Å². The Morgan fingerprint density at radius 1 is 0.938 bits per heavy atom. The molecule has 82 valence electrons. The summed E-state index contributed by atoms with van der Waals surface area (Å²) in [5.41, 5.74) is 3.91. The van der Waals surface area contributed by atoms with Gasteiger partial charge in [-0.05, 0) is 30.2 Å². The molecule has 2 aromatic rings. The number of hydrogen-bond acceptors (Lipinski definition) is 1. The Morgan fingerprint density at radius 2 is 1.69 bits per heavy atom. The van der Waals surface area contributed by atoms with Gasteiger partial charge in [-0.25, -0.2) is 0 Å². The minimum atomic E-state index is 0.949. The van der Waals surface area contributed by atoms with Crippen molar-refractivity contribution >= 4 is 5.69 Å². The normalized spacial score (nSPS) is 10.1. The fraction of sp³-hybridized carbons (Fsp3) is 0.200. The summed E-state index contributed by atoms with van der Waals surface area (Å²) in [6, 6.07) is 19.1. The molecule has 0 saturated heterocycles. The standard InChI is InChI=1S/C15H17N/c1-13-7-6-10-15(11-13)16(2)12-14-8-4-3-5-9-14/h3-11H,12H2,1-2H3. The topological polar surface area (TPSA) is 3.24 Å². The maximum atomic E-state index is 2.27. The molecule has 0 N–H and O–H groups in total. The number of rotatable bonds is 3. The van der Waals surface area contributed by atoms with Crippen molar-refractivity contribution in [3.8, 4) is 0 Å². The van der Waals surface area contributed by atoms with Crippen LogP contribution >= 0.6 is 0 Å². The Hall–Kier alpha value is -1.76. The van der Waals surface area contributed by atoms with Gasteiger partial charge in [-0.1, -0.05) is 42.5 Å². The van der Waals surface area contributed by atoms with Gasteiger partial charge in [0.15, 0.2) is 0 Å². The fourth-order valence-electron chi connectivity index (χ4n) is 1.81. The van der Waals surface area contributed by atoms with Gasteiger partial charge in [-0.15, -0.1) is 0 Å². The highest BCUT2D eigenvalue weighted by Gasteiger charge is 2.01. The summed E-state index contributed by atoms with van der Waals surface area (Å²) in [4.78, 5) is 2.27. The van der Waals surface area contributed by atoms with E-state index in [1.165, 1.54) is 16.8 Å². The molecule has 16 heavy (non-hydrogen) atoms. The smallest absolute Gasteiger partial charge is 0.0426 e. The summed E-state index contributed by atoms with van der Waals surface area (Å²) >= 11 is 0. The zero-order valence-corrected chi connectivity index (χ0v) is 9.85. The maximum absolute atomic E-state index is 2.27. The Kier molecular flexibility index (Phi) is 3.25. The highest BCUT2D eigenvalue weighted by Crippen LogP contribution is 2.16. The Bertz CT molecular complexity index is 448. The van der Waals surface area contributed by atoms with E-state index in [0.29, 0.717) is 0 Å². The van der Waals surface area contributed by atoms with Gasteiger partial charge in [-0.2, -0.15) is 0 Å². The first-order chi connectivity index (χ1) is 7.75. The summed E-state index contributed by atoms with van der Waals surface area (Å²) < 4.78 is 0. The first-order valence-electron chi connectivity index (χ1n) is 5.57. The average Bonchev–Trinajstić information content (AvgIpc) is 2.30. The molecule has 1 nitrogen and oxygen atoms in total. The van der Waals surface area contributed by atoms with E-state index in [0.717, 1.165) is 6.54 Å². The molecule has 2 rings (SSSR count). The largest absolute Gasteiger partial charge is 0.370 e.